The number of rotatable bonds is 3. The fourth-order valence-corrected chi connectivity index (χ4v) is 2.29. The Morgan fingerprint density at radius 1 is 1.69 bits per heavy atom. The maximum atomic E-state index is 11.5. The Kier molecular flexibility index (Phi) is 2.63. The van der Waals surface area contributed by atoms with E-state index in [4.69, 9.17) is 9.47 Å². The van der Waals surface area contributed by atoms with E-state index in [0.29, 0.717) is 0 Å². The van der Waals surface area contributed by atoms with Gasteiger partial charge in [0.05, 0.1) is 6.61 Å². The molecule has 88 valence electrons. The number of Topliss-reactive ketones (excluding diaryl/α,β-unsaturated/α-hetero) is 1. The molecule has 0 N–H and O–H groups in total. The lowest BCUT2D eigenvalue weighted by atomic mass is 9.84. The molecule has 0 radical (unpaired) electrons. The molecule has 7 nitrogen and oxygen atoms in total. The molecule has 0 amide bonds. The third-order valence-electron chi connectivity index (χ3n) is 2.92. The van der Waals surface area contributed by atoms with Crippen molar-refractivity contribution in [2.75, 3.05) is 6.61 Å². The summed E-state index contributed by atoms with van der Waals surface area (Å²) >= 11 is 0. The van der Waals surface area contributed by atoms with E-state index < -0.39 is 35.1 Å². The van der Waals surface area contributed by atoms with Gasteiger partial charge in [-0.3, -0.25) is 19.7 Å². The highest BCUT2D eigenvalue weighted by molar-refractivity contribution is 5.92. The summed E-state index contributed by atoms with van der Waals surface area (Å²) in [7, 11) is 0. The maximum absolute atomic E-state index is 11.5. The van der Waals surface area contributed by atoms with Crippen LogP contribution in [0.2, 0.25) is 0 Å². The molecule has 7 heteroatoms. The van der Waals surface area contributed by atoms with Gasteiger partial charge in [0.15, 0.2) is 11.7 Å². The lowest BCUT2D eigenvalue weighted by Gasteiger charge is -2.19. The second kappa shape index (κ2) is 3.82. The van der Waals surface area contributed by atoms with Gasteiger partial charge in [-0.1, -0.05) is 0 Å². The van der Waals surface area contributed by atoms with Crippen molar-refractivity contribution in [1.82, 2.24) is 0 Å². The normalized spacial score (nSPS) is 36.4. The molecule has 2 bridgehead atoms. The van der Waals surface area contributed by atoms with E-state index in [1.807, 2.05) is 0 Å². The highest BCUT2D eigenvalue weighted by Gasteiger charge is 2.63. The standard InChI is InChI=1S/C9H11NO6/c1-2-15-9(12)6-7(10(13)14)5-3-4(11)8(6)16-5/h5-8H,2-3H2,1H3/t5-,6-,7+,8+/m1/s1. The minimum absolute atomic E-state index is 0.0201. The van der Waals surface area contributed by atoms with E-state index in [1.165, 1.54) is 0 Å². The zero-order chi connectivity index (χ0) is 11.9. The van der Waals surface area contributed by atoms with Crippen LogP contribution >= 0.6 is 0 Å². The molecule has 2 saturated heterocycles. The maximum Gasteiger partial charge on any atom is 0.319 e. The molecule has 2 heterocycles. The van der Waals surface area contributed by atoms with Gasteiger partial charge in [0.25, 0.3) is 6.04 Å². The first-order chi connectivity index (χ1) is 7.56. The van der Waals surface area contributed by atoms with Gasteiger partial charge in [0.1, 0.15) is 12.2 Å². The zero-order valence-corrected chi connectivity index (χ0v) is 8.62. The molecule has 0 aromatic rings. The summed E-state index contributed by atoms with van der Waals surface area (Å²) in [5.41, 5.74) is 0. The molecule has 2 rings (SSSR count). The summed E-state index contributed by atoms with van der Waals surface area (Å²) in [6.07, 6.45) is -1.74. The highest BCUT2D eigenvalue weighted by atomic mass is 16.6. The van der Waals surface area contributed by atoms with Crippen LogP contribution in [0.15, 0.2) is 0 Å². The molecule has 4 atom stereocenters. The van der Waals surface area contributed by atoms with Gasteiger partial charge in [-0.05, 0) is 6.92 Å². The molecule has 0 spiro atoms. The third kappa shape index (κ3) is 1.47. The number of ether oxygens (including phenoxy) is 2. The number of nitro groups is 1. The Morgan fingerprint density at radius 2 is 2.38 bits per heavy atom. The summed E-state index contributed by atoms with van der Waals surface area (Å²) in [6, 6.07) is -1.15. The quantitative estimate of drug-likeness (QED) is 0.369. The van der Waals surface area contributed by atoms with Crippen LogP contribution in [-0.4, -0.2) is 41.5 Å². The SMILES string of the molecule is CCOC(=O)[C@@H]1[C@@H]([N+](=O)[O-])[C@H]2CC(=O)[C@@H]1O2. The van der Waals surface area contributed by atoms with Gasteiger partial charge in [-0.2, -0.15) is 0 Å². The first-order valence-corrected chi connectivity index (χ1v) is 5.04. The van der Waals surface area contributed by atoms with Crippen molar-refractivity contribution in [2.45, 2.75) is 31.6 Å². The van der Waals surface area contributed by atoms with Gasteiger partial charge >= 0.3 is 5.97 Å². The number of carbonyl (C=O) groups excluding carboxylic acids is 2. The van der Waals surface area contributed by atoms with Gasteiger partial charge in [-0.25, -0.2) is 0 Å². The summed E-state index contributed by atoms with van der Waals surface area (Å²) in [6.45, 7) is 1.74. The van der Waals surface area contributed by atoms with Gasteiger partial charge in [0.2, 0.25) is 0 Å². The fourth-order valence-electron chi connectivity index (χ4n) is 2.29. The third-order valence-corrected chi connectivity index (χ3v) is 2.92. The molecule has 0 aromatic carbocycles. The molecule has 2 fully saturated rings. The second-order valence-corrected chi connectivity index (χ2v) is 3.82. The predicted octanol–water partition coefficient (Wildman–Crippen LogP) is -0.449. The van der Waals surface area contributed by atoms with E-state index in [-0.39, 0.29) is 18.8 Å². The molecule has 0 saturated carbocycles. The van der Waals surface area contributed by atoms with Crippen LogP contribution < -0.4 is 0 Å². The monoisotopic (exact) mass is 229 g/mol. The minimum atomic E-state index is -1.15. The van der Waals surface area contributed by atoms with Gasteiger partial charge in [-0.15, -0.1) is 0 Å². The smallest absolute Gasteiger partial charge is 0.319 e. The van der Waals surface area contributed by atoms with Crippen LogP contribution in [0.1, 0.15) is 13.3 Å². The lowest BCUT2D eigenvalue weighted by Crippen LogP contribution is -2.46. The molecule has 2 aliphatic heterocycles. The summed E-state index contributed by atoms with van der Waals surface area (Å²) in [5.74, 6) is -2.05. The second-order valence-electron chi connectivity index (χ2n) is 3.82. The molecular formula is C9H11NO6. The van der Waals surface area contributed by atoms with Crippen LogP contribution in [0.5, 0.6) is 0 Å². The number of hydrogen-bond acceptors (Lipinski definition) is 6. The van der Waals surface area contributed by atoms with E-state index >= 15 is 0 Å². The first kappa shape index (κ1) is 11.0. The Hall–Kier alpha value is -1.50. The average Bonchev–Trinajstić information content (AvgIpc) is 2.73. The Balaban J connectivity index is 2.23. The number of ketones is 1. The summed E-state index contributed by atoms with van der Waals surface area (Å²) in [5, 5.41) is 10.8. The average molecular weight is 229 g/mol. The van der Waals surface area contributed by atoms with Gasteiger partial charge < -0.3 is 9.47 Å². The number of carbonyl (C=O) groups is 2. The summed E-state index contributed by atoms with van der Waals surface area (Å²) in [4.78, 5) is 33.2. The van der Waals surface area contributed by atoms with Crippen LogP contribution in [-0.2, 0) is 19.1 Å². The Labute approximate surface area is 90.9 Å². The van der Waals surface area contributed by atoms with E-state index in [2.05, 4.69) is 0 Å². The molecule has 2 aliphatic rings. The largest absolute Gasteiger partial charge is 0.465 e. The minimum Gasteiger partial charge on any atom is -0.465 e. The van der Waals surface area contributed by atoms with Crippen molar-refractivity contribution in [2.24, 2.45) is 5.92 Å². The number of nitrogens with zero attached hydrogens (tertiary/aromatic N) is 1. The Bertz CT molecular complexity index is 354. The van der Waals surface area contributed by atoms with Crippen molar-refractivity contribution in [3.63, 3.8) is 0 Å². The van der Waals surface area contributed by atoms with E-state index in [0.717, 1.165) is 0 Å². The number of hydrogen-bond donors (Lipinski definition) is 0. The van der Waals surface area contributed by atoms with Gasteiger partial charge in [0, 0.05) is 11.3 Å². The van der Waals surface area contributed by atoms with Crippen LogP contribution in [0, 0.1) is 16.0 Å². The number of esters is 1. The molecule has 0 unspecified atom stereocenters. The zero-order valence-electron chi connectivity index (χ0n) is 8.62. The lowest BCUT2D eigenvalue weighted by molar-refractivity contribution is -0.532. The van der Waals surface area contributed by atoms with Crippen LogP contribution in [0.4, 0.5) is 0 Å². The van der Waals surface area contributed by atoms with Crippen LogP contribution in [0.25, 0.3) is 0 Å². The highest BCUT2D eigenvalue weighted by Crippen LogP contribution is 2.39. The van der Waals surface area contributed by atoms with Crippen molar-refractivity contribution in [3.8, 4) is 0 Å². The van der Waals surface area contributed by atoms with Crippen LogP contribution in [0.3, 0.4) is 0 Å². The van der Waals surface area contributed by atoms with Crippen molar-refractivity contribution in [1.29, 1.82) is 0 Å². The molecule has 0 aliphatic carbocycles. The predicted molar refractivity (Wildman–Crippen MR) is 49.2 cm³/mol. The first-order valence-electron chi connectivity index (χ1n) is 5.04. The van der Waals surface area contributed by atoms with E-state index in [1.54, 1.807) is 6.92 Å². The fraction of sp³-hybridized carbons (Fsp3) is 0.778. The number of fused-ring (bicyclic) bond motifs is 2. The van der Waals surface area contributed by atoms with Crippen molar-refractivity contribution < 1.29 is 24.0 Å². The molecule has 16 heavy (non-hydrogen) atoms. The van der Waals surface area contributed by atoms with Crippen molar-refractivity contribution >= 4 is 11.8 Å². The van der Waals surface area contributed by atoms with E-state index in [9.17, 15) is 19.7 Å². The van der Waals surface area contributed by atoms with Crippen molar-refractivity contribution in [3.05, 3.63) is 10.1 Å². The topological polar surface area (TPSA) is 95.7 Å². The molecular weight excluding hydrogens is 218 g/mol. The molecule has 0 aromatic heterocycles. The summed E-state index contributed by atoms with van der Waals surface area (Å²) < 4.78 is 9.88. The Morgan fingerprint density at radius 3 is 2.94 bits per heavy atom.